The summed E-state index contributed by atoms with van der Waals surface area (Å²) >= 11 is 0. The summed E-state index contributed by atoms with van der Waals surface area (Å²) in [6, 6.07) is 0.323. The highest BCUT2D eigenvalue weighted by molar-refractivity contribution is 5.06. The molecule has 1 aromatic rings. The first-order chi connectivity index (χ1) is 11.4. The summed E-state index contributed by atoms with van der Waals surface area (Å²) in [5, 5.41) is 4.27. The molecule has 3 rings (SSSR count). The van der Waals surface area contributed by atoms with E-state index < -0.39 is 0 Å². The Morgan fingerprint density at radius 3 is 2.50 bits per heavy atom. The molecule has 5 heteroatoms. The molecule has 2 fully saturated rings. The van der Waals surface area contributed by atoms with Gasteiger partial charge in [0, 0.05) is 12.5 Å². The van der Waals surface area contributed by atoms with Gasteiger partial charge in [-0.25, -0.2) is 0 Å². The van der Waals surface area contributed by atoms with Gasteiger partial charge in [0.05, 0.1) is 6.04 Å². The monoisotopic (exact) mass is 334 g/mol. The first-order valence-corrected chi connectivity index (χ1v) is 9.65. The van der Waals surface area contributed by atoms with Crippen molar-refractivity contribution in [3.05, 3.63) is 11.7 Å². The van der Waals surface area contributed by atoms with Crippen LogP contribution in [0.3, 0.4) is 0 Å². The number of piperidine rings is 1. The Kier molecular flexibility index (Phi) is 5.30. The second-order valence-corrected chi connectivity index (χ2v) is 8.80. The Morgan fingerprint density at radius 2 is 1.92 bits per heavy atom. The molecule has 3 heterocycles. The van der Waals surface area contributed by atoms with Crippen molar-refractivity contribution in [2.24, 2.45) is 11.3 Å². The minimum absolute atomic E-state index is 0.302. The molecule has 0 bridgehead atoms. The third-order valence-corrected chi connectivity index (χ3v) is 5.93. The van der Waals surface area contributed by atoms with Gasteiger partial charge in [0.25, 0.3) is 0 Å². The standard InChI is InChI=1S/C19H34N4O/c1-14(2)6-9-23-10-7-19(8-11-23)12-16(22(5)13-19)17-20-18(15(3)4)24-21-17/h14-16H,6-13H2,1-5H3. The van der Waals surface area contributed by atoms with Crippen LogP contribution in [-0.4, -0.2) is 53.2 Å². The lowest BCUT2D eigenvalue weighted by molar-refractivity contribution is 0.107. The molecular formula is C19H34N4O. The lowest BCUT2D eigenvalue weighted by Crippen LogP contribution is -2.41. The third kappa shape index (κ3) is 3.83. The van der Waals surface area contributed by atoms with Crippen molar-refractivity contribution in [2.45, 2.75) is 65.3 Å². The topological polar surface area (TPSA) is 45.4 Å². The van der Waals surface area contributed by atoms with Crippen LogP contribution in [0, 0.1) is 11.3 Å². The molecule has 0 saturated carbocycles. The summed E-state index contributed by atoms with van der Waals surface area (Å²) in [5.74, 6) is 2.76. The highest BCUT2D eigenvalue weighted by atomic mass is 16.5. The van der Waals surface area contributed by atoms with Gasteiger partial charge >= 0.3 is 0 Å². The predicted octanol–water partition coefficient (Wildman–Crippen LogP) is 3.70. The van der Waals surface area contributed by atoms with Crippen LogP contribution in [0.4, 0.5) is 0 Å². The van der Waals surface area contributed by atoms with Crippen molar-refractivity contribution in [1.29, 1.82) is 0 Å². The average Bonchev–Trinajstić information content (AvgIpc) is 3.12. The van der Waals surface area contributed by atoms with Gasteiger partial charge in [-0.3, -0.25) is 4.90 Å². The van der Waals surface area contributed by atoms with Crippen LogP contribution >= 0.6 is 0 Å². The minimum atomic E-state index is 0.302. The van der Waals surface area contributed by atoms with E-state index in [2.05, 4.69) is 54.7 Å². The van der Waals surface area contributed by atoms with E-state index in [1.165, 1.54) is 51.9 Å². The Bertz CT molecular complexity index is 531. The van der Waals surface area contributed by atoms with E-state index in [9.17, 15) is 0 Å². The number of rotatable bonds is 5. The molecule has 0 N–H and O–H groups in total. The van der Waals surface area contributed by atoms with Crippen molar-refractivity contribution in [2.75, 3.05) is 33.2 Å². The first-order valence-electron chi connectivity index (χ1n) is 9.65. The van der Waals surface area contributed by atoms with Crippen LogP contribution in [0.25, 0.3) is 0 Å². The van der Waals surface area contributed by atoms with E-state index in [0.717, 1.165) is 17.6 Å². The number of hydrogen-bond donors (Lipinski definition) is 0. The maximum absolute atomic E-state index is 5.44. The molecule has 0 aromatic carbocycles. The minimum Gasteiger partial charge on any atom is -0.339 e. The molecule has 0 aliphatic carbocycles. The normalized spacial score (nSPS) is 25.4. The second-order valence-electron chi connectivity index (χ2n) is 8.80. The van der Waals surface area contributed by atoms with Crippen molar-refractivity contribution in [1.82, 2.24) is 19.9 Å². The largest absolute Gasteiger partial charge is 0.339 e. The van der Waals surface area contributed by atoms with E-state index in [0.29, 0.717) is 17.4 Å². The Balaban J connectivity index is 1.59. The van der Waals surface area contributed by atoms with Crippen molar-refractivity contribution in [3.8, 4) is 0 Å². The van der Waals surface area contributed by atoms with Crippen molar-refractivity contribution in [3.63, 3.8) is 0 Å². The van der Waals surface area contributed by atoms with E-state index in [-0.39, 0.29) is 0 Å². The molecule has 136 valence electrons. The zero-order valence-electron chi connectivity index (χ0n) is 16.1. The zero-order chi connectivity index (χ0) is 17.3. The predicted molar refractivity (Wildman–Crippen MR) is 95.9 cm³/mol. The molecule has 2 saturated heterocycles. The van der Waals surface area contributed by atoms with Crippen LogP contribution in [0.15, 0.2) is 4.52 Å². The Labute approximate surface area is 146 Å². The Hall–Kier alpha value is -0.940. The summed E-state index contributed by atoms with van der Waals surface area (Å²) in [7, 11) is 2.22. The van der Waals surface area contributed by atoms with Crippen LogP contribution in [0.1, 0.15) is 77.1 Å². The molecule has 1 unspecified atom stereocenters. The molecule has 0 amide bonds. The van der Waals surface area contributed by atoms with Crippen molar-refractivity contribution < 1.29 is 4.52 Å². The van der Waals surface area contributed by atoms with Gasteiger partial charge in [-0.15, -0.1) is 0 Å². The number of likely N-dealkylation sites (tertiary alicyclic amines) is 2. The summed E-state index contributed by atoms with van der Waals surface area (Å²) in [4.78, 5) is 9.75. The second kappa shape index (κ2) is 7.12. The van der Waals surface area contributed by atoms with Gasteiger partial charge in [-0.1, -0.05) is 32.9 Å². The summed E-state index contributed by atoms with van der Waals surface area (Å²) < 4.78 is 5.44. The fourth-order valence-corrected chi connectivity index (χ4v) is 4.23. The molecule has 2 aliphatic heterocycles. The fraction of sp³-hybridized carbons (Fsp3) is 0.895. The molecule has 1 aromatic heterocycles. The number of hydrogen-bond acceptors (Lipinski definition) is 5. The van der Waals surface area contributed by atoms with Crippen LogP contribution in [0.2, 0.25) is 0 Å². The molecule has 1 atom stereocenters. The molecule has 24 heavy (non-hydrogen) atoms. The zero-order valence-corrected chi connectivity index (χ0v) is 16.1. The van der Waals surface area contributed by atoms with Crippen molar-refractivity contribution >= 4 is 0 Å². The molecule has 1 spiro atoms. The van der Waals surface area contributed by atoms with Gasteiger partial charge in [0.2, 0.25) is 5.89 Å². The smallest absolute Gasteiger partial charge is 0.229 e. The van der Waals surface area contributed by atoms with Crippen LogP contribution < -0.4 is 0 Å². The average molecular weight is 335 g/mol. The third-order valence-electron chi connectivity index (χ3n) is 5.93. The molecular weight excluding hydrogens is 300 g/mol. The highest BCUT2D eigenvalue weighted by Crippen LogP contribution is 2.47. The number of aromatic nitrogens is 2. The van der Waals surface area contributed by atoms with E-state index in [4.69, 9.17) is 4.52 Å². The summed E-state index contributed by atoms with van der Waals surface area (Å²) in [5.41, 5.74) is 0.451. The van der Waals surface area contributed by atoms with Crippen LogP contribution in [0.5, 0.6) is 0 Å². The highest BCUT2D eigenvalue weighted by Gasteiger charge is 2.46. The summed E-state index contributed by atoms with van der Waals surface area (Å²) in [6.07, 6.45) is 5.11. The van der Waals surface area contributed by atoms with E-state index in [1.54, 1.807) is 0 Å². The fourth-order valence-electron chi connectivity index (χ4n) is 4.23. The van der Waals surface area contributed by atoms with Gasteiger partial charge in [0.1, 0.15) is 0 Å². The maximum Gasteiger partial charge on any atom is 0.229 e. The maximum atomic E-state index is 5.44. The van der Waals surface area contributed by atoms with E-state index >= 15 is 0 Å². The van der Waals surface area contributed by atoms with E-state index in [1.807, 2.05) is 0 Å². The lowest BCUT2D eigenvalue weighted by atomic mass is 9.76. The lowest BCUT2D eigenvalue weighted by Gasteiger charge is -2.39. The molecule has 0 radical (unpaired) electrons. The van der Waals surface area contributed by atoms with Gasteiger partial charge < -0.3 is 9.42 Å². The quantitative estimate of drug-likeness (QED) is 0.821. The Morgan fingerprint density at radius 1 is 1.21 bits per heavy atom. The molecule has 5 nitrogen and oxygen atoms in total. The number of nitrogens with zero attached hydrogens (tertiary/aromatic N) is 4. The first kappa shape index (κ1) is 17.9. The van der Waals surface area contributed by atoms with Gasteiger partial charge in [0.15, 0.2) is 5.82 Å². The van der Waals surface area contributed by atoms with Crippen LogP contribution in [-0.2, 0) is 0 Å². The SMILES string of the molecule is CC(C)CCN1CCC2(CC1)CC(c1noc(C(C)C)n1)N(C)C2. The summed E-state index contributed by atoms with van der Waals surface area (Å²) in [6.45, 7) is 13.8. The van der Waals surface area contributed by atoms with Gasteiger partial charge in [-0.2, -0.15) is 4.98 Å². The van der Waals surface area contributed by atoms with Gasteiger partial charge in [-0.05, 0) is 63.7 Å². The molecule has 2 aliphatic rings.